The smallest absolute Gasteiger partial charge is 0.258 e. The number of hydrogen-bond donors (Lipinski definition) is 1. The van der Waals surface area contributed by atoms with Gasteiger partial charge >= 0.3 is 0 Å². The van der Waals surface area contributed by atoms with Crippen LogP contribution >= 0.6 is 0 Å². The Morgan fingerprint density at radius 2 is 2.12 bits per heavy atom. The van der Waals surface area contributed by atoms with Crippen LogP contribution < -0.4 is 10.1 Å². The average Bonchev–Trinajstić information content (AvgIpc) is 3.27. The topological polar surface area (TPSA) is 86.5 Å². The van der Waals surface area contributed by atoms with Crippen molar-refractivity contribution in [2.75, 3.05) is 13.2 Å². The number of nitrogens with zero attached hydrogens (tertiary/aromatic N) is 2. The van der Waals surface area contributed by atoms with Crippen molar-refractivity contribution in [1.82, 2.24) is 15.5 Å². The molecule has 1 aliphatic heterocycles. The maximum Gasteiger partial charge on any atom is 0.258 e. The molecule has 0 spiro atoms. The van der Waals surface area contributed by atoms with E-state index in [1.807, 2.05) is 32.9 Å². The van der Waals surface area contributed by atoms with Gasteiger partial charge < -0.3 is 19.3 Å². The fourth-order valence-corrected chi connectivity index (χ4v) is 2.76. The Morgan fingerprint density at radius 1 is 1.32 bits per heavy atom. The summed E-state index contributed by atoms with van der Waals surface area (Å²) in [6.45, 7) is 6.83. The average molecular weight is 345 g/mol. The first kappa shape index (κ1) is 17.4. The lowest BCUT2D eigenvalue weighted by Gasteiger charge is -2.13. The standard InChI is InChI=1S/C18H23N3O4/c1-11-6-7-12(2)17(13(11)3)24-10-16(22)19-9-15-20-18(25-21-15)14-5-4-8-23-14/h6-7,14H,4-5,8-10H2,1-3H3,(H,19,22)/t14-/m1/s1. The zero-order valence-corrected chi connectivity index (χ0v) is 14.8. The van der Waals surface area contributed by atoms with Crippen LogP contribution in [0.25, 0.3) is 0 Å². The molecule has 2 aromatic rings. The number of benzene rings is 1. The molecule has 0 unspecified atom stereocenters. The minimum atomic E-state index is -0.233. The van der Waals surface area contributed by atoms with Crippen molar-refractivity contribution in [3.05, 3.63) is 40.5 Å². The monoisotopic (exact) mass is 345 g/mol. The molecule has 7 nitrogen and oxygen atoms in total. The van der Waals surface area contributed by atoms with Gasteiger partial charge in [-0.15, -0.1) is 0 Å². The number of ether oxygens (including phenoxy) is 2. The Morgan fingerprint density at radius 3 is 2.88 bits per heavy atom. The Bertz CT molecular complexity index is 751. The third-order valence-corrected chi connectivity index (χ3v) is 4.35. The molecule has 7 heteroatoms. The Hall–Kier alpha value is -2.41. The molecular weight excluding hydrogens is 322 g/mol. The number of hydrogen-bond acceptors (Lipinski definition) is 6. The van der Waals surface area contributed by atoms with Gasteiger partial charge in [-0.25, -0.2) is 0 Å². The molecule has 1 saturated heterocycles. The summed E-state index contributed by atoms with van der Waals surface area (Å²) in [4.78, 5) is 16.3. The van der Waals surface area contributed by atoms with Crippen LogP contribution in [0.2, 0.25) is 0 Å². The molecule has 134 valence electrons. The second-order valence-corrected chi connectivity index (χ2v) is 6.27. The van der Waals surface area contributed by atoms with E-state index in [1.165, 1.54) is 0 Å². The fourth-order valence-electron chi connectivity index (χ4n) is 2.76. The molecule has 0 radical (unpaired) electrons. The first-order valence-corrected chi connectivity index (χ1v) is 8.45. The van der Waals surface area contributed by atoms with Crippen LogP contribution in [0.15, 0.2) is 16.7 Å². The molecule has 0 aliphatic carbocycles. The van der Waals surface area contributed by atoms with Crippen molar-refractivity contribution in [2.24, 2.45) is 0 Å². The van der Waals surface area contributed by atoms with Crippen LogP contribution in [0, 0.1) is 20.8 Å². The van der Waals surface area contributed by atoms with E-state index in [-0.39, 0.29) is 25.2 Å². The van der Waals surface area contributed by atoms with E-state index in [0.717, 1.165) is 35.3 Å². The minimum absolute atomic E-state index is 0.0540. The number of rotatable bonds is 6. The zero-order valence-electron chi connectivity index (χ0n) is 14.8. The largest absolute Gasteiger partial charge is 0.483 e. The molecule has 2 heterocycles. The van der Waals surface area contributed by atoms with Crippen LogP contribution in [-0.2, 0) is 16.1 Å². The molecule has 1 amide bonds. The normalized spacial score (nSPS) is 16.8. The van der Waals surface area contributed by atoms with Gasteiger partial charge in [0, 0.05) is 6.61 Å². The number of aryl methyl sites for hydroxylation is 2. The van der Waals surface area contributed by atoms with E-state index in [9.17, 15) is 4.79 Å². The van der Waals surface area contributed by atoms with Crippen LogP contribution in [0.4, 0.5) is 0 Å². The summed E-state index contributed by atoms with van der Waals surface area (Å²) >= 11 is 0. The van der Waals surface area contributed by atoms with Gasteiger partial charge in [0.2, 0.25) is 0 Å². The molecule has 1 N–H and O–H groups in total. The summed E-state index contributed by atoms with van der Waals surface area (Å²) in [5, 5.41) is 6.61. The van der Waals surface area contributed by atoms with Gasteiger partial charge in [0.05, 0.1) is 6.54 Å². The highest BCUT2D eigenvalue weighted by atomic mass is 16.5. The molecule has 1 atom stereocenters. The Balaban J connectivity index is 1.49. The molecule has 1 aromatic heterocycles. The lowest BCUT2D eigenvalue weighted by Crippen LogP contribution is -2.29. The van der Waals surface area contributed by atoms with Crippen LogP contribution in [0.1, 0.15) is 47.4 Å². The molecule has 0 saturated carbocycles. The molecule has 3 rings (SSSR count). The van der Waals surface area contributed by atoms with Gasteiger partial charge in [-0.2, -0.15) is 4.98 Å². The molecule has 1 aliphatic rings. The van der Waals surface area contributed by atoms with Crippen LogP contribution in [0.3, 0.4) is 0 Å². The van der Waals surface area contributed by atoms with Gasteiger partial charge in [0.25, 0.3) is 11.8 Å². The summed E-state index contributed by atoms with van der Waals surface area (Å²) in [5.74, 6) is 1.44. The van der Waals surface area contributed by atoms with Gasteiger partial charge in [-0.1, -0.05) is 17.3 Å². The van der Waals surface area contributed by atoms with Crippen molar-refractivity contribution in [1.29, 1.82) is 0 Å². The molecule has 0 bridgehead atoms. The second kappa shape index (κ2) is 7.65. The number of amides is 1. The van der Waals surface area contributed by atoms with Gasteiger partial charge in [0.15, 0.2) is 12.4 Å². The maximum atomic E-state index is 12.0. The maximum absolute atomic E-state index is 12.0. The van der Waals surface area contributed by atoms with E-state index < -0.39 is 0 Å². The second-order valence-electron chi connectivity index (χ2n) is 6.27. The van der Waals surface area contributed by atoms with E-state index in [2.05, 4.69) is 15.5 Å². The highest BCUT2D eigenvalue weighted by Gasteiger charge is 2.23. The third-order valence-electron chi connectivity index (χ3n) is 4.35. The summed E-state index contributed by atoms with van der Waals surface area (Å²) in [6.07, 6.45) is 1.76. The number of aromatic nitrogens is 2. The van der Waals surface area contributed by atoms with Crippen molar-refractivity contribution in [2.45, 2.75) is 46.3 Å². The zero-order chi connectivity index (χ0) is 17.8. The number of nitrogens with one attached hydrogen (secondary N) is 1. The van der Waals surface area contributed by atoms with Crippen molar-refractivity contribution < 1.29 is 18.8 Å². The van der Waals surface area contributed by atoms with Crippen LogP contribution in [0.5, 0.6) is 5.75 Å². The predicted octanol–water partition coefficient (Wildman–Crippen LogP) is 2.54. The number of carbonyl (C=O) groups is 1. The molecule has 25 heavy (non-hydrogen) atoms. The van der Waals surface area contributed by atoms with Crippen molar-refractivity contribution in [3.8, 4) is 5.75 Å². The predicted molar refractivity (Wildman–Crippen MR) is 90.2 cm³/mol. The van der Waals surface area contributed by atoms with Gasteiger partial charge in [-0.05, 0) is 50.3 Å². The SMILES string of the molecule is Cc1ccc(C)c(OCC(=O)NCc2noc([C@H]3CCCO3)n2)c1C. The van der Waals surface area contributed by atoms with E-state index in [0.29, 0.717) is 18.3 Å². The lowest BCUT2D eigenvalue weighted by molar-refractivity contribution is -0.123. The highest BCUT2D eigenvalue weighted by Crippen LogP contribution is 2.27. The lowest BCUT2D eigenvalue weighted by atomic mass is 10.1. The summed E-state index contributed by atoms with van der Waals surface area (Å²) in [7, 11) is 0. The number of carbonyl (C=O) groups excluding carboxylic acids is 1. The van der Waals surface area contributed by atoms with Crippen molar-refractivity contribution >= 4 is 5.91 Å². The molecular formula is C18H23N3O4. The molecule has 1 aromatic carbocycles. The summed E-state index contributed by atoms with van der Waals surface area (Å²) < 4.78 is 16.4. The first-order valence-electron chi connectivity index (χ1n) is 8.45. The summed E-state index contributed by atoms with van der Waals surface area (Å²) in [6, 6.07) is 4.03. The van der Waals surface area contributed by atoms with E-state index in [4.69, 9.17) is 14.0 Å². The highest BCUT2D eigenvalue weighted by molar-refractivity contribution is 5.77. The fraction of sp³-hybridized carbons (Fsp3) is 0.500. The Labute approximate surface area is 146 Å². The minimum Gasteiger partial charge on any atom is -0.483 e. The first-order chi connectivity index (χ1) is 12.0. The Kier molecular flexibility index (Phi) is 5.33. The van der Waals surface area contributed by atoms with Gasteiger partial charge in [-0.3, -0.25) is 4.79 Å². The molecule has 1 fully saturated rings. The summed E-state index contributed by atoms with van der Waals surface area (Å²) in [5.41, 5.74) is 3.19. The quantitative estimate of drug-likeness (QED) is 0.866. The van der Waals surface area contributed by atoms with Gasteiger partial charge in [0.1, 0.15) is 11.9 Å². The third kappa shape index (κ3) is 4.17. The van der Waals surface area contributed by atoms with E-state index in [1.54, 1.807) is 0 Å². The van der Waals surface area contributed by atoms with Crippen LogP contribution in [-0.4, -0.2) is 29.3 Å². The van der Waals surface area contributed by atoms with E-state index >= 15 is 0 Å². The van der Waals surface area contributed by atoms with Crippen molar-refractivity contribution in [3.63, 3.8) is 0 Å².